The van der Waals surface area contributed by atoms with Crippen molar-refractivity contribution in [3.8, 4) is 0 Å². The lowest BCUT2D eigenvalue weighted by atomic mass is 10.2. The Kier molecular flexibility index (Phi) is 5.24. The first kappa shape index (κ1) is 12.6. The molecule has 0 atom stereocenters. The molecule has 15 heavy (non-hydrogen) atoms. The Bertz CT molecular complexity index is 357. The lowest BCUT2D eigenvalue weighted by Gasteiger charge is -2.04. The van der Waals surface area contributed by atoms with E-state index in [0.29, 0.717) is 10.2 Å². The molecule has 0 aliphatic heterocycles. The number of hydrogen-bond donors (Lipinski definition) is 0. The van der Waals surface area contributed by atoms with E-state index in [2.05, 4.69) is 10.2 Å². The zero-order valence-electron chi connectivity index (χ0n) is 7.93. The maximum absolute atomic E-state index is 13.1. The van der Waals surface area contributed by atoms with Gasteiger partial charge in [-0.2, -0.15) is 0 Å². The van der Waals surface area contributed by atoms with Crippen molar-refractivity contribution in [2.45, 2.75) is 12.5 Å². The van der Waals surface area contributed by atoms with Crippen LogP contribution in [0.3, 0.4) is 0 Å². The quantitative estimate of drug-likeness (QED) is 0.366. The molecule has 0 saturated heterocycles. The fourth-order valence-corrected chi connectivity index (χ4v) is 1.42. The van der Waals surface area contributed by atoms with Crippen LogP contribution in [-0.2, 0) is 4.74 Å². The summed E-state index contributed by atoms with van der Waals surface area (Å²) in [5, 5.41) is 0. The fourth-order valence-electron chi connectivity index (χ4n) is 0.943. The summed E-state index contributed by atoms with van der Waals surface area (Å²) in [6.45, 7) is 0.343. The van der Waals surface area contributed by atoms with Crippen LogP contribution in [0.5, 0.6) is 0 Å². The Balaban J connectivity index is 2.62. The number of carbonyl (C=O) groups is 1. The molecule has 0 spiro atoms. The largest absolute Gasteiger partial charge is 0.462 e. The Hall–Kier alpha value is -0.433. The second-order valence-electron chi connectivity index (χ2n) is 2.87. The smallest absolute Gasteiger partial charge is 0.338 e. The van der Waals surface area contributed by atoms with Gasteiger partial charge in [0.05, 0.1) is 12.2 Å². The van der Waals surface area contributed by atoms with Gasteiger partial charge in [-0.25, -0.2) is 9.18 Å². The molecule has 0 bridgehead atoms. The summed E-state index contributed by atoms with van der Waals surface area (Å²) in [4.78, 5) is 11.4. The number of benzene rings is 1. The summed E-state index contributed by atoms with van der Waals surface area (Å²) < 4.78 is 18.5. The molecule has 0 aromatic heterocycles. The van der Waals surface area contributed by atoms with Crippen LogP contribution in [0.25, 0.3) is 0 Å². The van der Waals surface area contributed by atoms with E-state index in [0.717, 1.165) is 12.5 Å². The van der Waals surface area contributed by atoms with Gasteiger partial charge in [-0.15, -0.1) is 0 Å². The number of hydrogen-bond acceptors (Lipinski definition) is 2. The van der Waals surface area contributed by atoms with Crippen LogP contribution in [0, 0.1) is 9.39 Å². The molecule has 0 aliphatic carbocycles. The standard InChI is InChI=1S/C10H9FIO2Si/c11-8-6-7(2-3-9(8)12)10(13)14-4-1-5-15/h2-3,6H,1,4-5H2. The lowest BCUT2D eigenvalue weighted by molar-refractivity contribution is 0.0505. The molecule has 2 nitrogen and oxygen atoms in total. The van der Waals surface area contributed by atoms with Crippen molar-refractivity contribution in [3.63, 3.8) is 0 Å². The van der Waals surface area contributed by atoms with Gasteiger partial charge in [0, 0.05) is 13.8 Å². The van der Waals surface area contributed by atoms with Crippen LogP contribution in [0.1, 0.15) is 16.8 Å². The van der Waals surface area contributed by atoms with E-state index < -0.39 is 11.8 Å². The fraction of sp³-hybridized carbons (Fsp3) is 0.300. The SMILES string of the molecule is O=C(OCCC[Si])c1ccc(I)c(F)c1. The van der Waals surface area contributed by atoms with Crippen LogP contribution in [0.2, 0.25) is 6.04 Å². The van der Waals surface area contributed by atoms with E-state index in [1.807, 2.05) is 22.6 Å². The van der Waals surface area contributed by atoms with Gasteiger partial charge in [-0.1, -0.05) is 6.04 Å². The predicted molar refractivity (Wildman–Crippen MR) is 64.6 cm³/mol. The van der Waals surface area contributed by atoms with E-state index >= 15 is 0 Å². The van der Waals surface area contributed by atoms with E-state index in [9.17, 15) is 9.18 Å². The van der Waals surface area contributed by atoms with Crippen molar-refractivity contribution < 1.29 is 13.9 Å². The van der Waals surface area contributed by atoms with Gasteiger partial charge in [-0.3, -0.25) is 0 Å². The Labute approximate surface area is 105 Å². The predicted octanol–water partition coefficient (Wildman–Crippen LogP) is 2.56. The number of ether oxygens (including phenoxy) is 1. The van der Waals surface area contributed by atoms with E-state index in [1.165, 1.54) is 6.07 Å². The van der Waals surface area contributed by atoms with Gasteiger partial charge in [0.15, 0.2) is 0 Å². The van der Waals surface area contributed by atoms with Crippen molar-refractivity contribution in [1.82, 2.24) is 0 Å². The third-order valence-electron chi connectivity index (χ3n) is 1.71. The summed E-state index contributed by atoms with van der Waals surface area (Å²) in [6, 6.07) is 5.07. The maximum Gasteiger partial charge on any atom is 0.338 e. The van der Waals surface area contributed by atoms with Gasteiger partial charge in [0.2, 0.25) is 0 Å². The molecular formula is C10H9FIO2Si. The highest BCUT2D eigenvalue weighted by Gasteiger charge is 2.09. The highest BCUT2D eigenvalue weighted by atomic mass is 127. The summed E-state index contributed by atoms with van der Waals surface area (Å²) >= 11 is 1.87. The molecule has 0 heterocycles. The minimum absolute atomic E-state index is 0.252. The highest BCUT2D eigenvalue weighted by molar-refractivity contribution is 14.1. The molecule has 1 aromatic rings. The topological polar surface area (TPSA) is 26.3 Å². The molecule has 0 unspecified atom stereocenters. The summed E-state index contributed by atoms with van der Waals surface area (Å²) in [5.74, 6) is -0.879. The molecule has 5 heteroatoms. The van der Waals surface area contributed by atoms with E-state index in [1.54, 1.807) is 12.1 Å². The van der Waals surface area contributed by atoms with Crippen LogP contribution in [0.4, 0.5) is 4.39 Å². The molecule has 0 fully saturated rings. The minimum atomic E-state index is -0.481. The second kappa shape index (κ2) is 6.22. The van der Waals surface area contributed by atoms with Crippen molar-refractivity contribution in [3.05, 3.63) is 33.1 Å². The lowest BCUT2D eigenvalue weighted by Crippen LogP contribution is -2.07. The second-order valence-corrected chi connectivity index (χ2v) is 4.53. The number of rotatable bonds is 4. The van der Waals surface area contributed by atoms with E-state index in [-0.39, 0.29) is 5.56 Å². The summed E-state index contributed by atoms with van der Waals surface area (Å²) in [7, 11) is 3.27. The first-order chi connectivity index (χ1) is 7.15. The molecule has 1 rings (SSSR count). The van der Waals surface area contributed by atoms with E-state index in [4.69, 9.17) is 4.74 Å². The van der Waals surface area contributed by atoms with Gasteiger partial charge < -0.3 is 4.74 Å². The van der Waals surface area contributed by atoms with Gasteiger partial charge in [-0.05, 0) is 47.2 Å². The van der Waals surface area contributed by atoms with Gasteiger partial charge in [0.25, 0.3) is 0 Å². The van der Waals surface area contributed by atoms with Gasteiger partial charge in [0.1, 0.15) is 5.82 Å². The van der Waals surface area contributed by atoms with Crippen molar-refractivity contribution in [2.75, 3.05) is 6.61 Å². The van der Waals surface area contributed by atoms with Gasteiger partial charge >= 0.3 is 5.97 Å². The van der Waals surface area contributed by atoms with Crippen LogP contribution >= 0.6 is 22.6 Å². The molecule has 0 N–H and O–H groups in total. The van der Waals surface area contributed by atoms with Crippen LogP contribution in [-0.4, -0.2) is 22.8 Å². The highest BCUT2D eigenvalue weighted by Crippen LogP contribution is 2.13. The molecule has 3 radical (unpaired) electrons. The average molecular weight is 335 g/mol. The zero-order valence-corrected chi connectivity index (χ0v) is 11.1. The number of halogens is 2. The molecule has 79 valence electrons. The Morgan fingerprint density at radius 2 is 2.27 bits per heavy atom. The molecule has 0 amide bonds. The maximum atomic E-state index is 13.1. The Morgan fingerprint density at radius 1 is 1.53 bits per heavy atom. The van der Waals surface area contributed by atoms with Crippen molar-refractivity contribution >= 4 is 38.8 Å². The molecule has 0 saturated carbocycles. The Morgan fingerprint density at radius 3 is 2.87 bits per heavy atom. The average Bonchev–Trinajstić information content (AvgIpc) is 2.22. The normalized spacial score (nSPS) is 10.1. The molecular weight excluding hydrogens is 326 g/mol. The first-order valence-electron chi connectivity index (χ1n) is 4.42. The van der Waals surface area contributed by atoms with Crippen molar-refractivity contribution in [2.24, 2.45) is 0 Å². The summed E-state index contributed by atoms with van der Waals surface area (Å²) in [5.41, 5.74) is 0.252. The number of carbonyl (C=O) groups excluding carboxylic acids is 1. The minimum Gasteiger partial charge on any atom is -0.462 e. The van der Waals surface area contributed by atoms with Crippen LogP contribution < -0.4 is 0 Å². The monoisotopic (exact) mass is 335 g/mol. The third-order valence-corrected chi connectivity index (χ3v) is 2.94. The van der Waals surface area contributed by atoms with Crippen molar-refractivity contribution in [1.29, 1.82) is 0 Å². The summed E-state index contributed by atoms with van der Waals surface area (Å²) in [6.07, 6.45) is 0.746. The third kappa shape index (κ3) is 3.90. The zero-order chi connectivity index (χ0) is 11.3. The number of esters is 1. The first-order valence-corrected chi connectivity index (χ1v) is 6.20. The molecule has 1 aromatic carbocycles. The van der Waals surface area contributed by atoms with Crippen LogP contribution in [0.15, 0.2) is 18.2 Å². The molecule has 0 aliphatic rings.